The number of likely N-dealkylation sites (N-methyl/N-ethyl adjacent to an activating group) is 1. The summed E-state index contributed by atoms with van der Waals surface area (Å²) in [5, 5.41) is 7.42. The maximum atomic E-state index is 12.3. The second-order valence-corrected chi connectivity index (χ2v) is 7.95. The number of fused-ring (bicyclic) bond motifs is 1. The maximum Gasteiger partial charge on any atom is 0.226 e. The fourth-order valence-electron chi connectivity index (χ4n) is 4.23. The standard InChI is InChI=1S/C22H31N5O2/c1-3-27-22-19(16-23-27)18(15-21(28)24-22)17-7-4-5-8-20(17)29-14-6-9-26-12-10-25(2)11-13-26/h4-5,7-8,16,18H,3,6,9-15H2,1-2H3,(H,24,28). The van der Waals surface area contributed by atoms with Gasteiger partial charge in [0.2, 0.25) is 5.91 Å². The summed E-state index contributed by atoms with van der Waals surface area (Å²) < 4.78 is 8.04. The number of anilines is 1. The van der Waals surface area contributed by atoms with Crippen molar-refractivity contribution in [3.05, 3.63) is 41.6 Å². The fourth-order valence-corrected chi connectivity index (χ4v) is 4.23. The van der Waals surface area contributed by atoms with E-state index in [0.717, 1.165) is 68.4 Å². The monoisotopic (exact) mass is 397 g/mol. The molecule has 7 heteroatoms. The first-order valence-electron chi connectivity index (χ1n) is 10.6. The fraction of sp³-hybridized carbons (Fsp3) is 0.545. The molecule has 0 spiro atoms. The summed E-state index contributed by atoms with van der Waals surface area (Å²) in [5.41, 5.74) is 2.14. The number of piperazine rings is 1. The van der Waals surface area contributed by atoms with Gasteiger partial charge in [-0.3, -0.25) is 4.79 Å². The third-order valence-electron chi connectivity index (χ3n) is 5.96. The zero-order valence-electron chi connectivity index (χ0n) is 17.4. The molecule has 1 N–H and O–H groups in total. The number of carbonyl (C=O) groups is 1. The van der Waals surface area contributed by atoms with Gasteiger partial charge in [-0.15, -0.1) is 0 Å². The molecule has 1 aromatic carbocycles. The van der Waals surface area contributed by atoms with Gasteiger partial charge in [0.1, 0.15) is 11.6 Å². The molecular formula is C22H31N5O2. The Bertz CT molecular complexity index is 841. The van der Waals surface area contributed by atoms with Crippen LogP contribution in [-0.4, -0.2) is 71.9 Å². The number of nitrogens with zero attached hydrogens (tertiary/aromatic N) is 4. The highest BCUT2D eigenvalue weighted by Crippen LogP contribution is 2.40. The molecule has 1 atom stereocenters. The number of aromatic nitrogens is 2. The summed E-state index contributed by atoms with van der Waals surface area (Å²) in [4.78, 5) is 17.2. The third kappa shape index (κ3) is 4.46. The second kappa shape index (κ2) is 8.97. The smallest absolute Gasteiger partial charge is 0.226 e. The highest BCUT2D eigenvalue weighted by Gasteiger charge is 2.31. The van der Waals surface area contributed by atoms with Crippen LogP contribution in [0.3, 0.4) is 0 Å². The minimum absolute atomic E-state index is 0.0205. The Morgan fingerprint density at radius 2 is 1.97 bits per heavy atom. The molecule has 1 fully saturated rings. The molecule has 0 aliphatic carbocycles. The number of rotatable bonds is 7. The van der Waals surface area contributed by atoms with Gasteiger partial charge in [-0.2, -0.15) is 5.10 Å². The van der Waals surface area contributed by atoms with E-state index in [0.29, 0.717) is 13.0 Å². The number of ether oxygens (including phenoxy) is 1. The molecule has 0 saturated carbocycles. The lowest BCUT2D eigenvalue weighted by Crippen LogP contribution is -2.44. The highest BCUT2D eigenvalue weighted by molar-refractivity contribution is 5.94. The number of carbonyl (C=O) groups excluding carboxylic acids is 1. The van der Waals surface area contributed by atoms with Crippen LogP contribution in [0.15, 0.2) is 30.5 Å². The van der Waals surface area contributed by atoms with E-state index in [1.807, 2.05) is 36.0 Å². The predicted molar refractivity (Wildman–Crippen MR) is 113 cm³/mol. The van der Waals surface area contributed by atoms with Crippen LogP contribution in [0, 0.1) is 0 Å². The van der Waals surface area contributed by atoms with Crippen LogP contribution >= 0.6 is 0 Å². The van der Waals surface area contributed by atoms with Gasteiger partial charge in [0.05, 0.1) is 12.8 Å². The molecule has 2 aromatic rings. The van der Waals surface area contributed by atoms with Crippen LogP contribution in [0.25, 0.3) is 0 Å². The zero-order valence-corrected chi connectivity index (χ0v) is 17.4. The van der Waals surface area contributed by atoms with E-state index in [9.17, 15) is 4.79 Å². The third-order valence-corrected chi connectivity index (χ3v) is 5.96. The lowest BCUT2D eigenvalue weighted by Gasteiger charge is -2.32. The quantitative estimate of drug-likeness (QED) is 0.727. The largest absolute Gasteiger partial charge is 0.493 e. The second-order valence-electron chi connectivity index (χ2n) is 7.95. The average molecular weight is 398 g/mol. The van der Waals surface area contributed by atoms with Crippen molar-refractivity contribution in [1.82, 2.24) is 19.6 Å². The molecule has 2 aliphatic heterocycles. The van der Waals surface area contributed by atoms with Gasteiger partial charge < -0.3 is 19.9 Å². The van der Waals surface area contributed by atoms with Gasteiger partial charge in [-0.1, -0.05) is 18.2 Å². The molecule has 2 aliphatic rings. The van der Waals surface area contributed by atoms with Crippen LogP contribution in [0.1, 0.15) is 36.8 Å². The van der Waals surface area contributed by atoms with Gasteiger partial charge in [0.15, 0.2) is 0 Å². The Hall–Kier alpha value is -2.38. The lowest BCUT2D eigenvalue weighted by atomic mass is 9.87. The van der Waals surface area contributed by atoms with E-state index in [2.05, 4.69) is 33.3 Å². The van der Waals surface area contributed by atoms with Gasteiger partial charge in [-0.05, 0) is 26.5 Å². The van der Waals surface area contributed by atoms with Crippen LogP contribution < -0.4 is 10.1 Å². The molecule has 1 amide bonds. The van der Waals surface area contributed by atoms with Crippen LogP contribution in [-0.2, 0) is 11.3 Å². The van der Waals surface area contributed by atoms with Gasteiger partial charge in [-0.25, -0.2) is 4.68 Å². The zero-order chi connectivity index (χ0) is 20.2. The summed E-state index contributed by atoms with van der Waals surface area (Å²) in [6.07, 6.45) is 3.30. The van der Waals surface area contributed by atoms with Crippen molar-refractivity contribution in [1.29, 1.82) is 0 Å². The molecule has 156 valence electrons. The molecule has 29 heavy (non-hydrogen) atoms. The molecule has 0 radical (unpaired) electrons. The lowest BCUT2D eigenvalue weighted by molar-refractivity contribution is -0.116. The van der Waals surface area contributed by atoms with E-state index in [4.69, 9.17) is 4.74 Å². The Labute approximate surface area is 172 Å². The molecule has 1 unspecified atom stereocenters. The SMILES string of the molecule is CCn1ncc2c1NC(=O)CC2c1ccccc1OCCCN1CCN(C)CC1. The van der Waals surface area contributed by atoms with Crippen molar-refractivity contribution in [3.8, 4) is 5.75 Å². The van der Waals surface area contributed by atoms with Crippen LogP contribution in [0.5, 0.6) is 5.75 Å². The van der Waals surface area contributed by atoms with Crippen molar-refractivity contribution in [3.63, 3.8) is 0 Å². The molecule has 7 nitrogen and oxygen atoms in total. The molecule has 1 aromatic heterocycles. The number of nitrogens with one attached hydrogen (secondary N) is 1. The minimum atomic E-state index is -0.0205. The molecule has 1 saturated heterocycles. The molecule has 4 rings (SSSR count). The number of hydrogen-bond acceptors (Lipinski definition) is 5. The van der Waals surface area contributed by atoms with Crippen molar-refractivity contribution in [2.45, 2.75) is 32.2 Å². The minimum Gasteiger partial charge on any atom is -0.493 e. The summed E-state index contributed by atoms with van der Waals surface area (Å²) in [7, 11) is 2.18. The Balaban J connectivity index is 1.42. The predicted octanol–water partition coefficient (Wildman–Crippen LogP) is 2.39. The van der Waals surface area contributed by atoms with E-state index in [-0.39, 0.29) is 11.8 Å². The highest BCUT2D eigenvalue weighted by atomic mass is 16.5. The average Bonchev–Trinajstić information content (AvgIpc) is 3.15. The summed E-state index contributed by atoms with van der Waals surface area (Å²) in [5.74, 6) is 1.70. The topological polar surface area (TPSA) is 62.6 Å². The first-order chi connectivity index (χ1) is 14.2. The summed E-state index contributed by atoms with van der Waals surface area (Å²) in [6.45, 7) is 9.05. The van der Waals surface area contributed by atoms with E-state index in [1.165, 1.54) is 0 Å². The van der Waals surface area contributed by atoms with Gasteiger partial charge in [0.25, 0.3) is 0 Å². The first kappa shape index (κ1) is 19.9. The number of amides is 1. The Morgan fingerprint density at radius 1 is 1.17 bits per heavy atom. The van der Waals surface area contributed by atoms with Gasteiger partial charge in [0, 0.05) is 62.7 Å². The number of hydrogen-bond donors (Lipinski definition) is 1. The Morgan fingerprint density at radius 3 is 2.76 bits per heavy atom. The van der Waals surface area contributed by atoms with E-state index >= 15 is 0 Å². The van der Waals surface area contributed by atoms with Crippen LogP contribution in [0.2, 0.25) is 0 Å². The van der Waals surface area contributed by atoms with E-state index < -0.39 is 0 Å². The molecule has 3 heterocycles. The van der Waals surface area contributed by atoms with Crippen molar-refractivity contribution >= 4 is 11.7 Å². The Kier molecular flexibility index (Phi) is 6.16. The van der Waals surface area contributed by atoms with Crippen LogP contribution in [0.4, 0.5) is 5.82 Å². The number of para-hydroxylation sites is 1. The van der Waals surface area contributed by atoms with Crippen molar-refractivity contribution in [2.75, 3.05) is 51.7 Å². The maximum absolute atomic E-state index is 12.3. The summed E-state index contributed by atoms with van der Waals surface area (Å²) >= 11 is 0. The van der Waals surface area contributed by atoms with Crippen molar-refractivity contribution in [2.24, 2.45) is 0 Å². The van der Waals surface area contributed by atoms with Gasteiger partial charge >= 0.3 is 0 Å². The molecule has 0 bridgehead atoms. The van der Waals surface area contributed by atoms with Crippen molar-refractivity contribution < 1.29 is 9.53 Å². The number of aryl methyl sites for hydroxylation is 1. The summed E-state index contributed by atoms with van der Waals surface area (Å²) in [6, 6.07) is 8.11. The number of benzene rings is 1. The molecular weight excluding hydrogens is 366 g/mol. The van der Waals surface area contributed by atoms with E-state index in [1.54, 1.807) is 0 Å². The normalized spacial score (nSPS) is 20.3. The first-order valence-corrected chi connectivity index (χ1v) is 10.6.